The molecule has 0 radical (unpaired) electrons. The highest BCUT2D eigenvalue weighted by molar-refractivity contribution is 7.07. The third-order valence-electron chi connectivity index (χ3n) is 4.91. The number of rotatable bonds is 3. The van der Waals surface area contributed by atoms with E-state index in [1.165, 1.54) is 54.6 Å². The number of nitrogens with two attached hydrogens (primary N) is 2. The van der Waals surface area contributed by atoms with Crippen molar-refractivity contribution in [1.29, 1.82) is 5.26 Å². The first-order valence-corrected chi connectivity index (χ1v) is 9.82. The van der Waals surface area contributed by atoms with Gasteiger partial charge in [-0.1, -0.05) is 24.3 Å². The fourth-order valence-corrected chi connectivity index (χ4v) is 4.67. The van der Waals surface area contributed by atoms with Crippen LogP contribution in [0, 0.1) is 23.0 Å². The number of carbonyl (C=O) groups excluding carboxylic acids is 1. The number of hydrogen-bond acceptors (Lipinski definition) is 5. The minimum Gasteiger partial charge on any atom is -0.384 e. The van der Waals surface area contributed by atoms with E-state index in [-0.39, 0.29) is 26.2 Å². The number of fused-ring (bicyclic) bond motifs is 1. The zero-order valence-corrected chi connectivity index (χ0v) is 16.6. The van der Waals surface area contributed by atoms with Gasteiger partial charge in [-0.2, -0.15) is 5.26 Å². The molecule has 0 aliphatic carbocycles. The molecule has 2 heterocycles. The van der Waals surface area contributed by atoms with Gasteiger partial charge in [0.05, 0.1) is 27.7 Å². The second-order valence-corrected chi connectivity index (χ2v) is 7.81. The van der Waals surface area contributed by atoms with Crippen LogP contribution in [0.5, 0.6) is 0 Å². The van der Waals surface area contributed by atoms with Gasteiger partial charge in [0.15, 0.2) is 0 Å². The van der Waals surface area contributed by atoms with E-state index in [0.29, 0.717) is 11.1 Å². The maximum Gasteiger partial charge on any atom is 0.274 e. The minimum absolute atomic E-state index is 0.0122. The van der Waals surface area contributed by atoms with Crippen molar-refractivity contribution in [3.63, 3.8) is 0 Å². The third-order valence-corrected chi connectivity index (χ3v) is 6.01. The molecular formula is C22H14F2N4O2S. The van der Waals surface area contributed by atoms with Crippen LogP contribution >= 0.6 is 11.3 Å². The first-order valence-electron chi connectivity index (χ1n) is 9.00. The van der Waals surface area contributed by atoms with Crippen molar-refractivity contribution >= 4 is 34.7 Å². The fraction of sp³-hybridized carbons (Fsp3) is 0.0455. The number of nitrogens with zero attached hydrogens (tertiary/aromatic N) is 2. The van der Waals surface area contributed by atoms with Gasteiger partial charge in [0.1, 0.15) is 22.1 Å². The number of aromatic nitrogens is 1. The van der Waals surface area contributed by atoms with E-state index in [0.717, 1.165) is 15.9 Å². The van der Waals surface area contributed by atoms with Gasteiger partial charge in [0.2, 0.25) is 5.91 Å². The summed E-state index contributed by atoms with van der Waals surface area (Å²) in [6, 6.07) is 12.7. The number of nitriles is 1. The standard InChI is InChI=1S/C22H14F2N4O2S/c23-13-5-1-11(2-6-13)9-16-21(30)28-19(26)15(10-25)17(12-3-7-14(24)8-4-12)18(20(27)29)22(28)31-16/h1-9,17H,26H2,(H2,27,29)/b16-9-/t17-/m0/s1. The summed E-state index contributed by atoms with van der Waals surface area (Å²) in [6.07, 6.45) is 1.53. The number of benzene rings is 2. The lowest BCUT2D eigenvalue weighted by atomic mass is 9.83. The van der Waals surface area contributed by atoms with Crippen molar-refractivity contribution in [3.05, 3.63) is 96.4 Å². The molecule has 0 saturated heterocycles. The third kappa shape index (κ3) is 3.43. The molecule has 1 amide bonds. The Kier molecular flexibility index (Phi) is 5.01. The molecule has 0 fully saturated rings. The molecule has 1 aliphatic rings. The van der Waals surface area contributed by atoms with Crippen LogP contribution in [-0.2, 0) is 4.79 Å². The van der Waals surface area contributed by atoms with Gasteiger partial charge >= 0.3 is 0 Å². The summed E-state index contributed by atoms with van der Waals surface area (Å²) in [5, 5.41) is 9.75. The highest BCUT2D eigenvalue weighted by Crippen LogP contribution is 2.35. The summed E-state index contributed by atoms with van der Waals surface area (Å²) in [5.74, 6) is -2.81. The second-order valence-electron chi connectivity index (χ2n) is 6.78. The van der Waals surface area contributed by atoms with Crippen molar-refractivity contribution in [2.75, 3.05) is 0 Å². The Morgan fingerprint density at radius 1 is 1.10 bits per heavy atom. The molecular weight excluding hydrogens is 422 g/mol. The molecule has 1 aromatic heterocycles. The molecule has 2 aromatic carbocycles. The van der Waals surface area contributed by atoms with Crippen LogP contribution in [0.2, 0.25) is 0 Å². The molecule has 9 heteroatoms. The predicted molar refractivity (Wildman–Crippen MR) is 113 cm³/mol. The molecule has 6 nitrogen and oxygen atoms in total. The molecule has 1 atom stereocenters. The van der Waals surface area contributed by atoms with E-state index < -0.39 is 29.0 Å². The quantitative estimate of drug-likeness (QED) is 0.640. The summed E-state index contributed by atoms with van der Waals surface area (Å²) in [6.45, 7) is 0. The van der Waals surface area contributed by atoms with Crippen LogP contribution in [0.25, 0.3) is 17.5 Å². The van der Waals surface area contributed by atoms with Crippen molar-refractivity contribution < 1.29 is 13.6 Å². The van der Waals surface area contributed by atoms with Crippen molar-refractivity contribution in [2.24, 2.45) is 11.5 Å². The van der Waals surface area contributed by atoms with Crippen LogP contribution in [-0.4, -0.2) is 10.5 Å². The summed E-state index contributed by atoms with van der Waals surface area (Å²) in [4.78, 5) is 25.5. The summed E-state index contributed by atoms with van der Waals surface area (Å²) in [7, 11) is 0. The van der Waals surface area contributed by atoms with Gasteiger partial charge in [0, 0.05) is 0 Å². The summed E-state index contributed by atoms with van der Waals surface area (Å²) < 4.78 is 28.1. The molecule has 0 bridgehead atoms. The molecule has 0 saturated carbocycles. The molecule has 0 unspecified atom stereocenters. The first kappa shape index (κ1) is 20.3. The maximum absolute atomic E-state index is 13.4. The Balaban J connectivity index is 2.07. The second kappa shape index (κ2) is 7.66. The average molecular weight is 436 g/mol. The van der Waals surface area contributed by atoms with Crippen molar-refractivity contribution in [2.45, 2.75) is 5.92 Å². The number of carbonyl (C=O) groups is 1. The molecule has 4 N–H and O–H groups in total. The predicted octanol–water partition coefficient (Wildman–Crippen LogP) is 1.10. The van der Waals surface area contributed by atoms with Crippen molar-refractivity contribution in [3.8, 4) is 6.07 Å². The van der Waals surface area contributed by atoms with Gasteiger partial charge < -0.3 is 11.5 Å². The average Bonchev–Trinajstić information content (AvgIpc) is 3.06. The number of amides is 1. The lowest BCUT2D eigenvalue weighted by molar-refractivity contribution is -0.113. The van der Waals surface area contributed by atoms with E-state index >= 15 is 0 Å². The molecule has 3 aromatic rings. The first-order chi connectivity index (χ1) is 14.8. The number of halogens is 2. The number of primary amides is 1. The van der Waals surface area contributed by atoms with Gasteiger partial charge in [-0.15, -0.1) is 11.3 Å². The molecule has 1 aliphatic heterocycles. The summed E-state index contributed by atoms with van der Waals surface area (Å²) in [5.41, 5.74) is 12.3. The maximum atomic E-state index is 13.4. The van der Waals surface area contributed by atoms with Crippen molar-refractivity contribution in [1.82, 2.24) is 4.57 Å². The summed E-state index contributed by atoms with van der Waals surface area (Å²) >= 11 is 0.981. The smallest absolute Gasteiger partial charge is 0.274 e. The van der Waals surface area contributed by atoms with E-state index in [4.69, 9.17) is 11.5 Å². The number of hydrogen-bond donors (Lipinski definition) is 2. The van der Waals surface area contributed by atoms with Gasteiger partial charge in [0.25, 0.3) is 5.56 Å². The highest BCUT2D eigenvalue weighted by Gasteiger charge is 2.34. The zero-order chi connectivity index (χ0) is 22.3. The van der Waals surface area contributed by atoms with E-state index in [1.54, 1.807) is 0 Å². The Morgan fingerprint density at radius 2 is 1.68 bits per heavy atom. The molecule has 154 valence electrons. The minimum atomic E-state index is -0.945. The lowest BCUT2D eigenvalue weighted by Gasteiger charge is -2.24. The molecule has 0 spiro atoms. The van der Waals surface area contributed by atoms with E-state index in [9.17, 15) is 23.6 Å². The Labute approximate surface area is 178 Å². The number of allylic oxidation sites excluding steroid dienone is 1. The van der Waals surface area contributed by atoms with Gasteiger partial charge in [-0.25, -0.2) is 8.78 Å². The van der Waals surface area contributed by atoms with Gasteiger partial charge in [-0.3, -0.25) is 14.2 Å². The van der Waals surface area contributed by atoms with E-state index in [1.807, 2.05) is 6.07 Å². The van der Waals surface area contributed by atoms with Crippen LogP contribution in [0.1, 0.15) is 17.0 Å². The van der Waals surface area contributed by atoms with Crippen LogP contribution in [0.4, 0.5) is 8.78 Å². The lowest BCUT2D eigenvalue weighted by Crippen LogP contribution is -2.41. The fourth-order valence-electron chi connectivity index (χ4n) is 3.49. The van der Waals surface area contributed by atoms with Gasteiger partial charge in [-0.05, 0) is 41.5 Å². The SMILES string of the molecule is N#CC1=C(N)n2c(s/c(=C\c3ccc(F)cc3)c2=O)=C(C(N)=O)[C@H]1c1ccc(F)cc1. The monoisotopic (exact) mass is 436 g/mol. The van der Waals surface area contributed by atoms with Crippen LogP contribution in [0.15, 0.2) is 58.9 Å². The Bertz CT molecular complexity index is 1460. The zero-order valence-electron chi connectivity index (χ0n) is 15.8. The van der Waals surface area contributed by atoms with Crippen LogP contribution in [0.3, 0.4) is 0 Å². The molecule has 4 rings (SSSR count). The van der Waals surface area contributed by atoms with E-state index in [2.05, 4.69) is 0 Å². The number of thiazole rings is 1. The normalized spacial score (nSPS) is 16.2. The Morgan fingerprint density at radius 3 is 2.23 bits per heavy atom. The largest absolute Gasteiger partial charge is 0.384 e. The van der Waals surface area contributed by atoms with Crippen LogP contribution < -0.4 is 26.2 Å². The molecule has 31 heavy (non-hydrogen) atoms. The topological polar surface area (TPSA) is 115 Å². The Hall–Kier alpha value is -4.03. The highest BCUT2D eigenvalue weighted by atomic mass is 32.1.